The fraction of sp³-hybridized carbons (Fsp3) is 0.417. The number of halogens is 4. The second kappa shape index (κ2) is 6.21. The molecular formula is C12H13ClF3NO3. The van der Waals surface area contributed by atoms with Gasteiger partial charge >= 0.3 is 12.3 Å². The number of alkyl carbamates (subject to hydrolysis) is 1. The maximum atomic E-state index is 12.6. The summed E-state index contributed by atoms with van der Waals surface area (Å²) in [6.07, 6.45) is -4.53. The number of nitrogens with one attached hydrogen (secondary N) is 1. The Bertz CT molecular complexity index is 493. The number of cyclic esters (lactones) is 1. The number of rotatable bonds is 2. The Balaban J connectivity index is 0.00000200. The van der Waals surface area contributed by atoms with E-state index in [1.807, 2.05) is 0 Å². The van der Waals surface area contributed by atoms with Crippen LogP contribution in [0.2, 0.25) is 0 Å². The smallest absolute Gasteiger partial charge is 0.416 e. The second-order valence-corrected chi connectivity index (χ2v) is 4.08. The predicted octanol–water partition coefficient (Wildman–Crippen LogP) is 3.31. The van der Waals surface area contributed by atoms with Gasteiger partial charge in [0.05, 0.1) is 25.3 Å². The van der Waals surface area contributed by atoms with Crippen LogP contribution in [-0.2, 0) is 10.9 Å². The molecule has 0 aromatic heterocycles. The zero-order chi connectivity index (χ0) is 14.0. The van der Waals surface area contributed by atoms with Crippen LogP contribution >= 0.6 is 12.4 Å². The van der Waals surface area contributed by atoms with Crippen molar-refractivity contribution in [2.45, 2.75) is 18.6 Å². The molecule has 1 aliphatic heterocycles. The van der Waals surface area contributed by atoms with Crippen LogP contribution in [0.15, 0.2) is 18.2 Å². The normalized spacial score (nSPS) is 18.6. The molecule has 1 aromatic carbocycles. The minimum atomic E-state index is -4.43. The number of amides is 1. The molecule has 1 amide bonds. The van der Waals surface area contributed by atoms with E-state index in [1.54, 1.807) is 0 Å². The molecular weight excluding hydrogens is 299 g/mol. The fourth-order valence-electron chi connectivity index (χ4n) is 1.93. The summed E-state index contributed by atoms with van der Waals surface area (Å²) in [5, 5.41) is 2.54. The van der Waals surface area contributed by atoms with E-state index >= 15 is 0 Å². The quantitative estimate of drug-likeness (QED) is 0.911. The highest BCUT2D eigenvalue weighted by Crippen LogP contribution is 2.36. The lowest BCUT2D eigenvalue weighted by Crippen LogP contribution is -2.35. The zero-order valence-electron chi connectivity index (χ0n) is 10.5. The average molecular weight is 312 g/mol. The summed E-state index contributed by atoms with van der Waals surface area (Å²) in [5.41, 5.74) is -0.279. The number of carbonyl (C=O) groups is 1. The van der Waals surface area contributed by atoms with Crippen LogP contribution in [0.5, 0.6) is 5.75 Å². The summed E-state index contributed by atoms with van der Waals surface area (Å²) in [4.78, 5) is 11.1. The zero-order valence-corrected chi connectivity index (χ0v) is 11.3. The highest BCUT2D eigenvalue weighted by Gasteiger charge is 2.32. The van der Waals surface area contributed by atoms with Gasteiger partial charge in [0.2, 0.25) is 0 Å². The minimum absolute atomic E-state index is 0. The van der Waals surface area contributed by atoms with Gasteiger partial charge < -0.3 is 14.8 Å². The van der Waals surface area contributed by atoms with E-state index in [-0.39, 0.29) is 24.8 Å². The third-order valence-electron chi connectivity index (χ3n) is 2.87. The molecule has 0 unspecified atom stereocenters. The Morgan fingerprint density at radius 2 is 2.10 bits per heavy atom. The molecule has 1 saturated heterocycles. The molecule has 2 rings (SSSR count). The molecule has 4 nitrogen and oxygen atoms in total. The molecule has 0 bridgehead atoms. The molecule has 1 atom stereocenters. The molecule has 1 heterocycles. The number of methoxy groups -OCH3 is 1. The van der Waals surface area contributed by atoms with E-state index < -0.39 is 23.9 Å². The molecule has 0 saturated carbocycles. The van der Waals surface area contributed by atoms with E-state index in [2.05, 4.69) is 5.32 Å². The molecule has 1 aliphatic rings. The highest BCUT2D eigenvalue weighted by molar-refractivity contribution is 5.85. The van der Waals surface area contributed by atoms with Crippen LogP contribution < -0.4 is 10.1 Å². The van der Waals surface area contributed by atoms with E-state index in [1.165, 1.54) is 13.2 Å². The van der Waals surface area contributed by atoms with Crippen molar-refractivity contribution < 1.29 is 27.4 Å². The Labute approximate surface area is 119 Å². The van der Waals surface area contributed by atoms with Gasteiger partial charge in [-0.05, 0) is 12.1 Å². The van der Waals surface area contributed by atoms with Gasteiger partial charge in [-0.2, -0.15) is 13.2 Å². The number of alkyl halides is 3. The first-order chi connectivity index (χ1) is 8.91. The Morgan fingerprint density at radius 3 is 2.65 bits per heavy atom. The molecule has 112 valence electrons. The first kappa shape index (κ1) is 16.4. The number of ether oxygens (including phenoxy) is 2. The topological polar surface area (TPSA) is 47.6 Å². The van der Waals surface area contributed by atoms with Crippen LogP contribution in [0.1, 0.15) is 23.6 Å². The van der Waals surface area contributed by atoms with Gasteiger partial charge in [-0.25, -0.2) is 4.79 Å². The van der Waals surface area contributed by atoms with Gasteiger partial charge in [0, 0.05) is 12.0 Å². The molecule has 1 fully saturated rings. The van der Waals surface area contributed by atoms with Crippen molar-refractivity contribution in [1.82, 2.24) is 5.32 Å². The lowest BCUT2D eigenvalue weighted by molar-refractivity contribution is -0.137. The Hall–Kier alpha value is -1.63. The standard InChI is InChI=1S/C12H12F3NO3.ClH/c1-18-10-6-7(12(13,14)15)2-3-8(10)9-4-5-19-11(17)16-9;/h2-3,6,9H,4-5H2,1H3,(H,16,17);1H/t9-;/m0./s1. The van der Waals surface area contributed by atoms with Gasteiger partial charge in [0.1, 0.15) is 5.75 Å². The van der Waals surface area contributed by atoms with Crippen LogP contribution in [0.3, 0.4) is 0 Å². The fourth-order valence-corrected chi connectivity index (χ4v) is 1.93. The number of carbonyl (C=O) groups excluding carboxylic acids is 1. The predicted molar refractivity (Wildman–Crippen MR) is 67.1 cm³/mol. The molecule has 1 aromatic rings. The lowest BCUT2D eigenvalue weighted by atomic mass is 10.00. The second-order valence-electron chi connectivity index (χ2n) is 4.08. The van der Waals surface area contributed by atoms with Gasteiger partial charge in [0.15, 0.2) is 0 Å². The summed E-state index contributed by atoms with van der Waals surface area (Å²) in [6, 6.07) is 2.81. The van der Waals surface area contributed by atoms with Crippen molar-refractivity contribution in [3.63, 3.8) is 0 Å². The largest absolute Gasteiger partial charge is 0.496 e. The van der Waals surface area contributed by atoms with Crippen molar-refractivity contribution in [2.24, 2.45) is 0 Å². The molecule has 0 aliphatic carbocycles. The van der Waals surface area contributed by atoms with Gasteiger partial charge in [-0.15, -0.1) is 12.4 Å². The minimum Gasteiger partial charge on any atom is -0.496 e. The van der Waals surface area contributed by atoms with Crippen molar-refractivity contribution >= 4 is 18.5 Å². The van der Waals surface area contributed by atoms with Crippen molar-refractivity contribution in [3.05, 3.63) is 29.3 Å². The van der Waals surface area contributed by atoms with Crippen molar-refractivity contribution in [1.29, 1.82) is 0 Å². The van der Waals surface area contributed by atoms with Gasteiger partial charge in [-0.3, -0.25) is 0 Å². The number of hydrogen-bond donors (Lipinski definition) is 1. The molecule has 1 N–H and O–H groups in total. The van der Waals surface area contributed by atoms with E-state index in [0.717, 1.165) is 12.1 Å². The van der Waals surface area contributed by atoms with E-state index in [4.69, 9.17) is 9.47 Å². The van der Waals surface area contributed by atoms with Gasteiger partial charge in [-0.1, -0.05) is 6.07 Å². The SMILES string of the molecule is COc1cc(C(F)(F)F)ccc1[C@@H]1CCOC(=O)N1.Cl. The number of hydrogen-bond acceptors (Lipinski definition) is 3. The van der Waals surface area contributed by atoms with E-state index in [9.17, 15) is 18.0 Å². The first-order valence-corrected chi connectivity index (χ1v) is 5.60. The lowest BCUT2D eigenvalue weighted by Gasteiger charge is -2.25. The average Bonchev–Trinajstić information content (AvgIpc) is 2.37. The van der Waals surface area contributed by atoms with E-state index in [0.29, 0.717) is 12.0 Å². The molecule has 0 spiro atoms. The molecule has 0 radical (unpaired) electrons. The monoisotopic (exact) mass is 311 g/mol. The summed E-state index contributed by atoms with van der Waals surface area (Å²) < 4.78 is 47.5. The molecule has 8 heteroatoms. The highest BCUT2D eigenvalue weighted by atomic mass is 35.5. The molecule has 20 heavy (non-hydrogen) atoms. The van der Waals surface area contributed by atoms with Crippen LogP contribution in [0.4, 0.5) is 18.0 Å². The van der Waals surface area contributed by atoms with Crippen LogP contribution in [0, 0.1) is 0 Å². The Kier molecular flexibility index (Phi) is 5.10. The first-order valence-electron chi connectivity index (χ1n) is 5.60. The summed E-state index contributed by atoms with van der Waals surface area (Å²) in [7, 11) is 1.29. The van der Waals surface area contributed by atoms with Gasteiger partial charge in [0.25, 0.3) is 0 Å². The number of benzene rings is 1. The summed E-state index contributed by atoms with van der Waals surface area (Å²) >= 11 is 0. The third kappa shape index (κ3) is 3.47. The summed E-state index contributed by atoms with van der Waals surface area (Å²) in [6.45, 7) is 0.223. The maximum Gasteiger partial charge on any atom is 0.416 e. The van der Waals surface area contributed by atoms with Crippen molar-refractivity contribution in [2.75, 3.05) is 13.7 Å². The van der Waals surface area contributed by atoms with Crippen LogP contribution in [0.25, 0.3) is 0 Å². The third-order valence-corrected chi connectivity index (χ3v) is 2.87. The van der Waals surface area contributed by atoms with Crippen molar-refractivity contribution in [3.8, 4) is 5.75 Å². The summed E-state index contributed by atoms with van der Waals surface area (Å²) in [5.74, 6) is 0.0991. The van der Waals surface area contributed by atoms with Crippen LogP contribution in [-0.4, -0.2) is 19.8 Å². The Morgan fingerprint density at radius 1 is 1.40 bits per heavy atom. The maximum absolute atomic E-state index is 12.6.